The van der Waals surface area contributed by atoms with Gasteiger partial charge in [0.25, 0.3) is 0 Å². The summed E-state index contributed by atoms with van der Waals surface area (Å²) in [5, 5.41) is 8.71. The fourth-order valence-corrected chi connectivity index (χ4v) is 2.49. The molecule has 7 nitrogen and oxygen atoms in total. The molecule has 0 saturated heterocycles. The first-order chi connectivity index (χ1) is 10.8. The van der Waals surface area contributed by atoms with Crippen molar-refractivity contribution in [2.45, 2.75) is 13.8 Å². The lowest BCUT2D eigenvalue weighted by Gasteiger charge is -2.02. The Balaban J connectivity index is 1.86. The average Bonchev–Trinajstić information content (AvgIpc) is 3.11. The zero-order chi connectivity index (χ0) is 15.1. The van der Waals surface area contributed by atoms with Gasteiger partial charge in [-0.05, 0) is 26.0 Å². The molecule has 0 aliphatic heterocycles. The molecule has 22 heavy (non-hydrogen) atoms. The molecule has 4 aromatic heterocycles. The average molecular weight is 293 g/mol. The summed E-state index contributed by atoms with van der Waals surface area (Å²) in [6.07, 6.45) is 5.54. The van der Waals surface area contributed by atoms with Gasteiger partial charge in [-0.25, -0.2) is 14.5 Å². The summed E-state index contributed by atoms with van der Waals surface area (Å²) in [6.45, 7) is 4.79. The maximum absolute atomic E-state index is 4.65. The molecule has 4 rings (SSSR count). The third-order valence-corrected chi connectivity index (χ3v) is 3.58. The first-order valence-corrected chi connectivity index (χ1v) is 7.16. The molecule has 0 saturated carbocycles. The summed E-state index contributed by atoms with van der Waals surface area (Å²) >= 11 is 0. The maximum atomic E-state index is 4.65. The van der Waals surface area contributed by atoms with Crippen molar-refractivity contribution in [3.05, 3.63) is 36.4 Å². The Kier molecular flexibility index (Phi) is 2.78. The fraction of sp³-hybridized carbons (Fsp3) is 0.200. The molecule has 2 N–H and O–H groups in total. The first kappa shape index (κ1) is 12.8. The number of nitrogens with zero attached hydrogens (tertiary/aromatic N) is 5. The van der Waals surface area contributed by atoms with E-state index in [0.29, 0.717) is 5.95 Å². The van der Waals surface area contributed by atoms with Gasteiger partial charge < -0.3 is 10.3 Å². The number of hydrogen-bond acceptors (Lipinski definition) is 5. The molecule has 0 unspecified atom stereocenters. The highest BCUT2D eigenvalue weighted by Gasteiger charge is 2.11. The molecule has 0 fully saturated rings. The van der Waals surface area contributed by atoms with Crippen LogP contribution in [0.15, 0.2) is 30.7 Å². The Morgan fingerprint density at radius 3 is 3.00 bits per heavy atom. The van der Waals surface area contributed by atoms with E-state index in [2.05, 4.69) is 30.4 Å². The number of aromatic amines is 1. The van der Waals surface area contributed by atoms with Crippen molar-refractivity contribution in [1.82, 2.24) is 29.5 Å². The van der Waals surface area contributed by atoms with Crippen LogP contribution in [0, 0.1) is 6.92 Å². The molecule has 0 aliphatic rings. The largest absolute Gasteiger partial charge is 0.354 e. The van der Waals surface area contributed by atoms with Gasteiger partial charge in [0.05, 0.1) is 17.6 Å². The van der Waals surface area contributed by atoms with Gasteiger partial charge in [0.2, 0.25) is 5.95 Å². The quantitative estimate of drug-likeness (QED) is 0.606. The number of nitrogens with one attached hydrogen (secondary N) is 2. The highest BCUT2D eigenvalue weighted by atomic mass is 15.3. The summed E-state index contributed by atoms with van der Waals surface area (Å²) in [7, 11) is 0. The van der Waals surface area contributed by atoms with Crippen molar-refractivity contribution in [2.24, 2.45) is 0 Å². The Morgan fingerprint density at radius 1 is 1.23 bits per heavy atom. The van der Waals surface area contributed by atoms with Crippen LogP contribution in [0.1, 0.15) is 12.6 Å². The van der Waals surface area contributed by atoms with Gasteiger partial charge in [0.15, 0.2) is 5.65 Å². The third kappa shape index (κ3) is 1.90. The predicted octanol–water partition coefficient (Wildman–Crippen LogP) is 2.41. The van der Waals surface area contributed by atoms with Crippen LogP contribution in [-0.2, 0) is 0 Å². The van der Waals surface area contributed by atoms with Gasteiger partial charge in [0.1, 0.15) is 5.65 Å². The number of imidazole rings is 1. The van der Waals surface area contributed by atoms with E-state index >= 15 is 0 Å². The summed E-state index contributed by atoms with van der Waals surface area (Å²) in [5.41, 5.74) is 4.48. The van der Waals surface area contributed by atoms with Crippen molar-refractivity contribution in [3.8, 4) is 11.3 Å². The van der Waals surface area contributed by atoms with Crippen LogP contribution in [0.3, 0.4) is 0 Å². The molecular weight excluding hydrogens is 278 g/mol. The van der Waals surface area contributed by atoms with Crippen molar-refractivity contribution in [3.63, 3.8) is 0 Å². The zero-order valence-electron chi connectivity index (χ0n) is 12.3. The summed E-state index contributed by atoms with van der Waals surface area (Å²) < 4.78 is 1.84. The minimum Gasteiger partial charge on any atom is -0.354 e. The standard InChI is InChI=1S/C15H15N7/c1-3-16-15-19-8-11-10(7-18-14(11)20-15)12-4-5-13-17-6-9(2)22(13)21-12/h4-8H,3H2,1-2H3,(H2,16,18,19,20). The molecule has 4 heterocycles. The Labute approximate surface area is 126 Å². The van der Waals surface area contributed by atoms with E-state index in [1.807, 2.05) is 49.1 Å². The summed E-state index contributed by atoms with van der Waals surface area (Å²) in [5.74, 6) is 0.622. The van der Waals surface area contributed by atoms with Gasteiger partial charge in [0, 0.05) is 29.9 Å². The molecule has 0 aromatic carbocycles. The molecule has 0 radical (unpaired) electrons. The van der Waals surface area contributed by atoms with Crippen molar-refractivity contribution < 1.29 is 0 Å². The van der Waals surface area contributed by atoms with Crippen LogP contribution >= 0.6 is 0 Å². The van der Waals surface area contributed by atoms with E-state index in [-0.39, 0.29) is 0 Å². The third-order valence-electron chi connectivity index (χ3n) is 3.58. The topological polar surface area (TPSA) is 83.8 Å². The number of aromatic nitrogens is 6. The van der Waals surface area contributed by atoms with Crippen LogP contribution in [0.5, 0.6) is 0 Å². The molecule has 4 aromatic rings. The Morgan fingerprint density at radius 2 is 2.14 bits per heavy atom. The molecule has 0 bridgehead atoms. The highest BCUT2D eigenvalue weighted by Crippen LogP contribution is 2.26. The normalized spacial score (nSPS) is 11.4. The van der Waals surface area contributed by atoms with E-state index < -0.39 is 0 Å². The van der Waals surface area contributed by atoms with Gasteiger partial charge in [-0.1, -0.05) is 0 Å². The van der Waals surface area contributed by atoms with Crippen LogP contribution in [0.4, 0.5) is 5.95 Å². The molecular formula is C15H15N7. The van der Waals surface area contributed by atoms with Crippen molar-refractivity contribution in [2.75, 3.05) is 11.9 Å². The van der Waals surface area contributed by atoms with E-state index in [1.54, 1.807) is 0 Å². The Bertz CT molecular complexity index is 967. The SMILES string of the molecule is CCNc1ncc2c(-c3ccc4ncc(C)n4n3)c[nH]c2n1. The molecule has 0 spiro atoms. The van der Waals surface area contributed by atoms with Crippen LogP contribution < -0.4 is 5.32 Å². The second kappa shape index (κ2) is 4.80. The number of fused-ring (bicyclic) bond motifs is 2. The number of H-pyrrole nitrogens is 1. The maximum Gasteiger partial charge on any atom is 0.224 e. The summed E-state index contributed by atoms with van der Waals surface area (Å²) in [6, 6.07) is 3.92. The second-order valence-corrected chi connectivity index (χ2v) is 5.08. The fourth-order valence-electron chi connectivity index (χ4n) is 2.49. The number of rotatable bonds is 3. The molecule has 0 atom stereocenters. The van der Waals surface area contributed by atoms with E-state index in [0.717, 1.165) is 40.2 Å². The zero-order valence-corrected chi connectivity index (χ0v) is 12.3. The van der Waals surface area contributed by atoms with Gasteiger partial charge in [-0.2, -0.15) is 10.1 Å². The second-order valence-electron chi connectivity index (χ2n) is 5.08. The van der Waals surface area contributed by atoms with Gasteiger partial charge in [-0.15, -0.1) is 0 Å². The van der Waals surface area contributed by atoms with E-state index in [9.17, 15) is 0 Å². The number of hydrogen-bond donors (Lipinski definition) is 2. The van der Waals surface area contributed by atoms with E-state index in [4.69, 9.17) is 0 Å². The summed E-state index contributed by atoms with van der Waals surface area (Å²) in [4.78, 5) is 16.3. The minimum atomic E-state index is 0.622. The lowest BCUT2D eigenvalue weighted by molar-refractivity contribution is 0.906. The predicted molar refractivity (Wildman–Crippen MR) is 84.8 cm³/mol. The molecule has 110 valence electrons. The molecule has 7 heteroatoms. The smallest absolute Gasteiger partial charge is 0.224 e. The molecule has 0 amide bonds. The highest BCUT2D eigenvalue weighted by molar-refractivity contribution is 5.92. The first-order valence-electron chi connectivity index (χ1n) is 7.16. The number of anilines is 1. The van der Waals surface area contributed by atoms with Gasteiger partial charge >= 0.3 is 0 Å². The number of aryl methyl sites for hydroxylation is 1. The van der Waals surface area contributed by atoms with Gasteiger partial charge in [-0.3, -0.25) is 0 Å². The van der Waals surface area contributed by atoms with Crippen LogP contribution in [0.2, 0.25) is 0 Å². The Hall–Kier alpha value is -2.96. The lowest BCUT2D eigenvalue weighted by Crippen LogP contribution is -2.01. The van der Waals surface area contributed by atoms with Crippen molar-refractivity contribution in [1.29, 1.82) is 0 Å². The molecule has 0 aliphatic carbocycles. The van der Waals surface area contributed by atoms with E-state index in [1.165, 1.54) is 0 Å². The minimum absolute atomic E-state index is 0.622. The van der Waals surface area contributed by atoms with Crippen molar-refractivity contribution >= 4 is 22.6 Å². The lowest BCUT2D eigenvalue weighted by atomic mass is 10.2. The van der Waals surface area contributed by atoms with Crippen LogP contribution in [0.25, 0.3) is 27.9 Å². The van der Waals surface area contributed by atoms with Crippen LogP contribution in [-0.4, -0.2) is 36.1 Å². The monoisotopic (exact) mass is 293 g/mol.